The molecule has 0 radical (unpaired) electrons. The average Bonchev–Trinajstić information content (AvgIpc) is 2.87. The first-order valence-corrected chi connectivity index (χ1v) is 9.16. The van der Waals surface area contributed by atoms with Crippen molar-refractivity contribution in [3.05, 3.63) is 24.0 Å². The molecule has 8 heteroatoms. The van der Waals surface area contributed by atoms with E-state index in [0.29, 0.717) is 25.3 Å². The van der Waals surface area contributed by atoms with Crippen molar-refractivity contribution in [2.75, 3.05) is 42.7 Å². The highest BCUT2D eigenvalue weighted by Crippen LogP contribution is 2.15. The molecule has 7 nitrogen and oxygen atoms in total. The summed E-state index contributed by atoms with van der Waals surface area (Å²) in [6.07, 6.45) is 2.14. The smallest absolute Gasteiger partial charge is 0.270 e. The van der Waals surface area contributed by atoms with Crippen molar-refractivity contribution in [1.82, 2.24) is 10.3 Å². The van der Waals surface area contributed by atoms with E-state index in [1.165, 1.54) is 0 Å². The minimum absolute atomic E-state index is 0.0185. The first kappa shape index (κ1) is 15.2. The van der Waals surface area contributed by atoms with Gasteiger partial charge in [-0.05, 0) is 18.6 Å². The zero-order valence-corrected chi connectivity index (χ0v) is 13.0. The van der Waals surface area contributed by atoms with Gasteiger partial charge in [0.25, 0.3) is 5.91 Å². The number of nitrogens with zero attached hydrogens (tertiary/aromatic N) is 2. The number of amides is 1. The minimum atomic E-state index is -3.00. The summed E-state index contributed by atoms with van der Waals surface area (Å²) in [5.41, 5.74) is 1.27. The van der Waals surface area contributed by atoms with Crippen LogP contribution in [0.25, 0.3) is 0 Å². The lowest BCUT2D eigenvalue weighted by atomic mass is 10.2. The van der Waals surface area contributed by atoms with Crippen molar-refractivity contribution < 1.29 is 17.9 Å². The van der Waals surface area contributed by atoms with Crippen LogP contribution in [-0.2, 0) is 14.6 Å². The van der Waals surface area contributed by atoms with Gasteiger partial charge in [0, 0.05) is 19.1 Å². The monoisotopic (exact) mass is 325 g/mol. The molecule has 120 valence electrons. The molecule has 1 N–H and O–H groups in total. The Morgan fingerprint density at radius 2 is 2.09 bits per heavy atom. The van der Waals surface area contributed by atoms with Crippen LogP contribution < -0.4 is 10.2 Å². The summed E-state index contributed by atoms with van der Waals surface area (Å²) in [4.78, 5) is 18.4. The zero-order chi connectivity index (χ0) is 15.6. The highest BCUT2D eigenvalue weighted by atomic mass is 32.2. The van der Waals surface area contributed by atoms with Gasteiger partial charge >= 0.3 is 0 Å². The van der Waals surface area contributed by atoms with E-state index in [4.69, 9.17) is 4.74 Å². The Balaban J connectivity index is 1.61. The van der Waals surface area contributed by atoms with Crippen molar-refractivity contribution in [3.8, 4) is 0 Å². The molecular weight excluding hydrogens is 306 g/mol. The van der Waals surface area contributed by atoms with E-state index in [-0.39, 0.29) is 23.5 Å². The molecule has 1 unspecified atom stereocenters. The van der Waals surface area contributed by atoms with Gasteiger partial charge in [-0.1, -0.05) is 0 Å². The van der Waals surface area contributed by atoms with Crippen LogP contribution in [0.2, 0.25) is 0 Å². The number of ether oxygens (including phenoxy) is 1. The second-order valence-corrected chi connectivity index (χ2v) is 7.80. The number of aromatic nitrogens is 1. The van der Waals surface area contributed by atoms with E-state index in [0.717, 1.165) is 18.8 Å². The van der Waals surface area contributed by atoms with Gasteiger partial charge in [-0.25, -0.2) is 13.4 Å². The largest absolute Gasteiger partial charge is 0.378 e. The summed E-state index contributed by atoms with van der Waals surface area (Å²) in [5.74, 6) is -0.165. The fourth-order valence-electron chi connectivity index (χ4n) is 2.70. The van der Waals surface area contributed by atoms with E-state index in [2.05, 4.69) is 15.2 Å². The lowest BCUT2D eigenvalue weighted by Crippen LogP contribution is -2.37. The van der Waals surface area contributed by atoms with Crippen LogP contribution in [0.5, 0.6) is 0 Å². The molecule has 2 aliphatic heterocycles. The number of rotatable bonds is 3. The van der Waals surface area contributed by atoms with Crippen LogP contribution in [-0.4, -0.2) is 63.2 Å². The first-order valence-electron chi connectivity index (χ1n) is 7.33. The lowest BCUT2D eigenvalue weighted by molar-refractivity contribution is 0.0936. The topological polar surface area (TPSA) is 88.6 Å². The standard InChI is InChI=1S/C14H19N3O4S/c18-14(16-11-3-8-22(19,20)10-11)13-2-1-12(9-15-13)17-4-6-21-7-5-17/h1-2,9,11H,3-8,10H2,(H,16,18). The Bertz CT molecular complexity index is 639. The molecule has 0 saturated carbocycles. The van der Waals surface area contributed by atoms with Crippen LogP contribution in [0.1, 0.15) is 16.9 Å². The maximum absolute atomic E-state index is 12.1. The molecule has 1 aromatic rings. The van der Waals surface area contributed by atoms with Gasteiger partial charge < -0.3 is 15.0 Å². The summed E-state index contributed by atoms with van der Waals surface area (Å²) in [6.45, 7) is 3.01. The third-order valence-corrected chi connectivity index (χ3v) is 5.69. The Morgan fingerprint density at radius 3 is 2.68 bits per heavy atom. The van der Waals surface area contributed by atoms with Crippen LogP contribution in [0, 0.1) is 0 Å². The fourth-order valence-corrected chi connectivity index (χ4v) is 4.37. The van der Waals surface area contributed by atoms with E-state index in [1.807, 2.05) is 6.07 Å². The van der Waals surface area contributed by atoms with E-state index in [1.54, 1.807) is 12.3 Å². The van der Waals surface area contributed by atoms with Crippen LogP contribution in [0.4, 0.5) is 5.69 Å². The number of pyridine rings is 1. The SMILES string of the molecule is O=C(NC1CCS(=O)(=O)C1)c1ccc(N2CCOCC2)cn1. The minimum Gasteiger partial charge on any atom is -0.378 e. The molecule has 3 rings (SSSR count). The van der Waals surface area contributed by atoms with Gasteiger partial charge in [0.2, 0.25) is 0 Å². The van der Waals surface area contributed by atoms with E-state index in [9.17, 15) is 13.2 Å². The number of nitrogens with one attached hydrogen (secondary N) is 1. The number of hydrogen-bond acceptors (Lipinski definition) is 6. The van der Waals surface area contributed by atoms with Gasteiger partial charge in [-0.2, -0.15) is 0 Å². The van der Waals surface area contributed by atoms with Crippen molar-refractivity contribution >= 4 is 21.4 Å². The van der Waals surface area contributed by atoms with Gasteiger partial charge in [-0.3, -0.25) is 4.79 Å². The van der Waals surface area contributed by atoms with Gasteiger partial charge in [-0.15, -0.1) is 0 Å². The predicted molar refractivity (Wildman–Crippen MR) is 81.8 cm³/mol. The van der Waals surface area contributed by atoms with Crippen molar-refractivity contribution in [3.63, 3.8) is 0 Å². The quantitative estimate of drug-likeness (QED) is 0.830. The number of anilines is 1. The van der Waals surface area contributed by atoms with Crippen LogP contribution in [0.15, 0.2) is 18.3 Å². The van der Waals surface area contributed by atoms with E-state index < -0.39 is 9.84 Å². The summed E-state index contributed by atoms with van der Waals surface area (Å²) in [6, 6.07) is 3.22. The Morgan fingerprint density at radius 1 is 1.32 bits per heavy atom. The number of carbonyl (C=O) groups is 1. The molecule has 0 spiro atoms. The van der Waals surface area contributed by atoms with Crippen molar-refractivity contribution in [2.45, 2.75) is 12.5 Å². The lowest BCUT2D eigenvalue weighted by Gasteiger charge is -2.28. The Kier molecular flexibility index (Phi) is 4.30. The van der Waals surface area contributed by atoms with Gasteiger partial charge in [0.1, 0.15) is 5.69 Å². The average molecular weight is 325 g/mol. The molecule has 1 amide bonds. The molecule has 3 heterocycles. The number of carbonyl (C=O) groups excluding carboxylic acids is 1. The molecule has 0 bridgehead atoms. The van der Waals surface area contributed by atoms with Crippen LogP contribution >= 0.6 is 0 Å². The maximum atomic E-state index is 12.1. The molecule has 22 heavy (non-hydrogen) atoms. The Hall–Kier alpha value is -1.67. The first-order chi connectivity index (χ1) is 10.5. The second kappa shape index (κ2) is 6.21. The summed E-state index contributed by atoms with van der Waals surface area (Å²) in [5, 5.41) is 2.74. The summed E-state index contributed by atoms with van der Waals surface area (Å²) < 4.78 is 28.1. The van der Waals surface area contributed by atoms with Gasteiger partial charge in [0.05, 0.1) is 36.6 Å². The van der Waals surface area contributed by atoms with Crippen LogP contribution in [0.3, 0.4) is 0 Å². The van der Waals surface area contributed by atoms with Gasteiger partial charge in [0.15, 0.2) is 9.84 Å². The zero-order valence-electron chi connectivity index (χ0n) is 12.2. The Labute approximate surface area is 129 Å². The third kappa shape index (κ3) is 3.56. The summed E-state index contributed by atoms with van der Waals surface area (Å²) in [7, 11) is -3.00. The second-order valence-electron chi connectivity index (χ2n) is 5.57. The highest BCUT2D eigenvalue weighted by molar-refractivity contribution is 7.91. The normalized spacial score (nSPS) is 24.2. The molecule has 2 saturated heterocycles. The molecule has 2 fully saturated rings. The molecule has 1 aromatic heterocycles. The molecule has 0 aromatic carbocycles. The molecule has 2 aliphatic rings. The van der Waals surface area contributed by atoms with Crippen molar-refractivity contribution in [1.29, 1.82) is 0 Å². The molecular formula is C14H19N3O4S. The number of sulfone groups is 1. The molecule has 0 aliphatic carbocycles. The fraction of sp³-hybridized carbons (Fsp3) is 0.571. The maximum Gasteiger partial charge on any atom is 0.270 e. The third-order valence-electron chi connectivity index (χ3n) is 3.92. The predicted octanol–water partition coefficient (Wildman–Crippen LogP) is -0.165. The molecule has 1 atom stereocenters. The summed E-state index contributed by atoms with van der Waals surface area (Å²) >= 11 is 0. The van der Waals surface area contributed by atoms with Crippen molar-refractivity contribution in [2.24, 2.45) is 0 Å². The van der Waals surface area contributed by atoms with E-state index >= 15 is 0 Å². The number of hydrogen-bond donors (Lipinski definition) is 1. The highest BCUT2D eigenvalue weighted by Gasteiger charge is 2.29. The number of morpholine rings is 1.